The molecule has 120 valence electrons. The number of hydrogen-bond acceptors (Lipinski definition) is 3. The molecule has 0 N–H and O–H groups in total. The van der Waals surface area contributed by atoms with Crippen LogP contribution in [0.3, 0.4) is 0 Å². The van der Waals surface area contributed by atoms with E-state index in [0.717, 1.165) is 30.4 Å². The predicted octanol–water partition coefficient (Wildman–Crippen LogP) is 3.75. The Hall–Kier alpha value is -1.90. The van der Waals surface area contributed by atoms with Crippen molar-refractivity contribution in [1.82, 2.24) is 0 Å². The second kappa shape index (κ2) is 4.56. The number of hydrogen-bond donors (Lipinski definition) is 0. The number of aryl methyl sites for hydroxylation is 1. The molecule has 0 radical (unpaired) electrons. The summed E-state index contributed by atoms with van der Waals surface area (Å²) in [6.45, 7) is 9.03. The number of Topliss-reactive ketones (excluding diaryl/α,β-unsaturated/α-hetero) is 2. The normalized spacial score (nSPS) is 25.0. The standard InChI is InChI=1S/C20H22O3/c1-10-8-13-15(12-6-5-7-20(3,4)16(10)12)18(22)17(21)14-11(2)9-23-19(13)14/h8,11H,5-7,9H2,1-4H3/t11-/m0/s1. The minimum Gasteiger partial charge on any atom is -0.492 e. The maximum absolute atomic E-state index is 12.9. The molecule has 4 rings (SSSR count). The van der Waals surface area contributed by atoms with E-state index in [-0.39, 0.29) is 22.9 Å². The lowest BCUT2D eigenvalue weighted by Crippen LogP contribution is -2.32. The summed E-state index contributed by atoms with van der Waals surface area (Å²) in [6.07, 6.45) is 3.05. The Labute approximate surface area is 136 Å². The SMILES string of the molecule is Cc1cc2c(c3c1C(C)(C)CCC3)C(=O)C(=O)C1=C2OC[C@@H]1C. The molecular formula is C20H22O3. The van der Waals surface area contributed by atoms with E-state index in [4.69, 9.17) is 4.74 Å². The quantitative estimate of drug-likeness (QED) is 0.685. The van der Waals surface area contributed by atoms with Crippen molar-refractivity contribution in [3.63, 3.8) is 0 Å². The summed E-state index contributed by atoms with van der Waals surface area (Å²) in [6, 6.07) is 2.07. The lowest BCUT2D eigenvalue weighted by molar-refractivity contribution is -0.112. The summed E-state index contributed by atoms with van der Waals surface area (Å²) in [5.41, 5.74) is 5.66. The average molecular weight is 310 g/mol. The van der Waals surface area contributed by atoms with Crippen LogP contribution in [0.1, 0.15) is 66.2 Å². The molecule has 0 unspecified atom stereocenters. The Morgan fingerprint density at radius 3 is 2.70 bits per heavy atom. The molecule has 1 heterocycles. The molecule has 1 aromatic carbocycles. The first-order chi connectivity index (χ1) is 10.8. The summed E-state index contributed by atoms with van der Waals surface area (Å²) >= 11 is 0. The Bertz CT molecular complexity index is 796. The van der Waals surface area contributed by atoms with Crippen LogP contribution in [0.15, 0.2) is 11.6 Å². The highest BCUT2D eigenvalue weighted by molar-refractivity contribution is 6.52. The molecule has 23 heavy (non-hydrogen) atoms. The van der Waals surface area contributed by atoms with Crippen LogP contribution in [0.2, 0.25) is 0 Å². The molecule has 3 nitrogen and oxygen atoms in total. The fourth-order valence-electron chi connectivity index (χ4n) is 4.73. The number of rotatable bonds is 0. The third-order valence-electron chi connectivity index (χ3n) is 5.67. The van der Waals surface area contributed by atoms with Gasteiger partial charge in [-0.2, -0.15) is 0 Å². The van der Waals surface area contributed by atoms with E-state index >= 15 is 0 Å². The van der Waals surface area contributed by atoms with Gasteiger partial charge in [0.1, 0.15) is 5.76 Å². The first-order valence-corrected chi connectivity index (χ1v) is 8.46. The summed E-state index contributed by atoms with van der Waals surface area (Å²) in [5, 5.41) is 0. The summed E-state index contributed by atoms with van der Waals surface area (Å²) < 4.78 is 5.82. The van der Waals surface area contributed by atoms with E-state index < -0.39 is 0 Å². The molecule has 3 heteroatoms. The van der Waals surface area contributed by atoms with Gasteiger partial charge in [0.15, 0.2) is 0 Å². The molecule has 1 atom stereocenters. The van der Waals surface area contributed by atoms with Gasteiger partial charge in [-0.25, -0.2) is 0 Å². The molecule has 0 fully saturated rings. The highest BCUT2D eigenvalue weighted by Crippen LogP contribution is 2.46. The van der Waals surface area contributed by atoms with Gasteiger partial charge in [-0.3, -0.25) is 9.59 Å². The van der Waals surface area contributed by atoms with E-state index in [2.05, 4.69) is 26.8 Å². The fourth-order valence-corrected chi connectivity index (χ4v) is 4.73. The summed E-state index contributed by atoms with van der Waals surface area (Å²) in [4.78, 5) is 25.5. The molecule has 1 aliphatic heterocycles. The third kappa shape index (κ3) is 1.82. The second-order valence-electron chi connectivity index (χ2n) is 7.82. The van der Waals surface area contributed by atoms with Crippen LogP contribution in [-0.2, 0) is 21.4 Å². The van der Waals surface area contributed by atoms with Crippen LogP contribution in [0.5, 0.6) is 0 Å². The van der Waals surface area contributed by atoms with Gasteiger partial charge in [-0.15, -0.1) is 0 Å². The van der Waals surface area contributed by atoms with Gasteiger partial charge in [0.2, 0.25) is 11.6 Å². The van der Waals surface area contributed by atoms with E-state index in [1.54, 1.807) is 0 Å². The van der Waals surface area contributed by atoms with Gasteiger partial charge in [-0.05, 0) is 54.4 Å². The molecule has 0 aromatic heterocycles. The number of carbonyl (C=O) groups excluding carboxylic acids is 2. The van der Waals surface area contributed by atoms with Gasteiger partial charge in [0, 0.05) is 17.0 Å². The number of carbonyl (C=O) groups is 2. The average Bonchev–Trinajstić information content (AvgIpc) is 2.85. The molecule has 0 spiro atoms. The predicted molar refractivity (Wildman–Crippen MR) is 88.5 cm³/mol. The highest BCUT2D eigenvalue weighted by atomic mass is 16.5. The van der Waals surface area contributed by atoms with Crippen LogP contribution >= 0.6 is 0 Å². The van der Waals surface area contributed by atoms with Gasteiger partial charge >= 0.3 is 0 Å². The van der Waals surface area contributed by atoms with Crippen molar-refractivity contribution in [2.24, 2.45) is 5.92 Å². The van der Waals surface area contributed by atoms with E-state index in [1.165, 1.54) is 11.1 Å². The minimum absolute atomic E-state index is 0.00220. The molecule has 0 saturated carbocycles. The second-order valence-corrected chi connectivity index (χ2v) is 7.82. The minimum atomic E-state index is -0.355. The van der Waals surface area contributed by atoms with E-state index in [1.807, 2.05) is 6.92 Å². The molecule has 0 saturated heterocycles. The number of fused-ring (bicyclic) bond motifs is 4. The molecule has 1 aromatic rings. The highest BCUT2D eigenvalue weighted by Gasteiger charge is 2.43. The van der Waals surface area contributed by atoms with Crippen molar-refractivity contribution >= 4 is 17.3 Å². The topological polar surface area (TPSA) is 43.4 Å². The molecule has 3 aliphatic rings. The fraction of sp³-hybridized carbons (Fsp3) is 0.500. The Kier molecular flexibility index (Phi) is 2.91. The largest absolute Gasteiger partial charge is 0.492 e. The lowest BCUT2D eigenvalue weighted by atomic mass is 9.67. The first-order valence-electron chi connectivity index (χ1n) is 8.46. The lowest BCUT2D eigenvalue weighted by Gasteiger charge is -2.36. The van der Waals surface area contributed by atoms with Crippen molar-refractivity contribution in [2.75, 3.05) is 6.61 Å². The van der Waals surface area contributed by atoms with Crippen molar-refractivity contribution in [3.05, 3.63) is 39.5 Å². The third-order valence-corrected chi connectivity index (χ3v) is 5.67. The zero-order valence-corrected chi connectivity index (χ0v) is 14.2. The maximum Gasteiger partial charge on any atom is 0.234 e. The number of benzene rings is 1. The first kappa shape index (κ1) is 14.7. The van der Waals surface area contributed by atoms with Crippen molar-refractivity contribution in [3.8, 4) is 0 Å². The molecular weight excluding hydrogens is 288 g/mol. The van der Waals surface area contributed by atoms with Crippen LogP contribution in [0.4, 0.5) is 0 Å². The Balaban J connectivity index is 2.07. The van der Waals surface area contributed by atoms with E-state index in [0.29, 0.717) is 23.5 Å². The summed E-state index contributed by atoms with van der Waals surface area (Å²) in [5.74, 6) is -0.0225. The van der Waals surface area contributed by atoms with Crippen LogP contribution in [0.25, 0.3) is 5.76 Å². The van der Waals surface area contributed by atoms with Crippen molar-refractivity contribution in [1.29, 1.82) is 0 Å². The Morgan fingerprint density at radius 1 is 1.22 bits per heavy atom. The molecule has 2 aliphatic carbocycles. The number of ketones is 2. The maximum atomic E-state index is 12.9. The van der Waals surface area contributed by atoms with E-state index in [9.17, 15) is 9.59 Å². The van der Waals surface area contributed by atoms with Crippen LogP contribution in [0, 0.1) is 12.8 Å². The molecule has 0 amide bonds. The zero-order chi connectivity index (χ0) is 16.5. The monoisotopic (exact) mass is 310 g/mol. The van der Waals surface area contributed by atoms with Gasteiger partial charge in [0.25, 0.3) is 0 Å². The van der Waals surface area contributed by atoms with Gasteiger partial charge in [-0.1, -0.05) is 20.8 Å². The summed E-state index contributed by atoms with van der Waals surface area (Å²) in [7, 11) is 0. The van der Waals surface area contributed by atoms with Gasteiger partial charge < -0.3 is 4.74 Å². The van der Waals surface area contributed by atoms with Crippen LogP contribution in [-0.4, -0.2) is 18.2 Å². The molecule has 0 bridgehead atoms. The van der Waals surface area contributed by atoms with Gasteiger partial charge in [0.05, 0.1) is 12.2 Å². The van der Waals surface area contributed by atoms with Crippen molar-refractivity contribution in [2.45, 2.75) is 52.4 Å². The Morgan fingerprint density at radius 2 is 1.96 bits per heavy atom. The van der Waals surface area contributed by atoms with Crippen molar-refractivity contribution < 1.29 is 14.3 Å². The smallest absolute Gasteiger partial charge is 0.234 e. The number of ether oxygens (including phenoxy) is 1. The zero-order valence-electron chi connectivity index (χ0n) is 14.2. The van der Waals surface area contributed by atoms with Crippen LogP contribution < -0.4 is 0 Å².